The van der Waals surface area contributed by atoms with Crippen molar-refractivity contribution in [1.29, 1.82) is 0 Å². The number of aromatic nitrogens is 1. The lowest BCUT2D eigenvalue weighted by Crippen LogP contribution is -2.18. The SMILES string of the molecule is Cc1c(Br)ncc(OC(F)(F)F)c1I. The second-order valence-electron chi connectivity index (χ2n) is 2.40. The first-order valence-electron chi connectivity index (χ1n) is 3.37. The zero-order valence-corrected chi connectivity index (χ0v) is 10.6. The second kappa shape index (κ2) is 4.21. The predicted molar refractivity (Wildman–Crippen MR) is 56.1 cm³/mol. The summed E-state index contributed by atoms with van der Waals surface area (Å²) in [4.78, 5) is 3.71. The second-order valence-corrected chi connectivity index (χ2v) is 4.23. The normalized spacial score (nSPS) is 11.6. The number of ether oxygens (including phenoxy) is 1. The summed E-state index contributed by atoms with van der Waals surface area (Å²) in [5.41, 5.74) is 0.618. The fourth-order valence-electron chi connectivity index (χ4n) is 0.740. The van der Waals surface area contributed by atoms with Crippen LogP contribution in [0.4, 0.5) is 13.2 Å². The average Bonchev–Trinajstić information content (AvgIpc) is 2.04. The van der Waals surface area contributed by atoms with E-state index in [1.807, 2.05) is 0 Å². The van der Waals surface area contributed by atoms with Gasteiger partial charge in [0, 0.05) is 0 Å². The molecule has 1 aromatic heterocycles. The van der Waals surface area contributed by atoms with Crippen molar-refractivity contribution in [3.63, 3.8) is 0 Å². The molecule has 0 aliphatic rings. The topological polar surface area (TPSA) is 22.1 Å². The van der Waals surface area contributed by atoms with E-state index < -0.39 is 6.36 Å². The van der Waals surface area contributed by atoms with Gasteiger partial charge in [0.2, 0.25) is 0 Å². The van der Waals surface area contributed by atoms with Gasteiger partial charge in [-0.2, -0.15) is 0 Å². The molecule has 0 spiro atoms. The molecule has 0 atom stereocenters. The summed E-state index contributed by atoms with van der Waals surface area (Å²) in [5.74, 6) is -0.279. The van der Waals surface area contributed by atoms with Crippen LogP contribution in [0.3, 0.4) is 0 Å². The first kappa shape index (κ1) is 12.0. The Bertz CT molecular complexity index is 356. The fraction of sp³-hybridized carbons (Fsp3) is 0.286. The standard InChI is InChI=1S/C7H4BrF3INO/c1-3-5(12)4(2-13-6(3)8)14-7(9,10)11/h2H,1H3. The van der Waals surface area contributed by atoms with Crippen molar-refractivity contribution in [2.24, 2.45) is 0 Å². The molecule has 2 nitrogen and oxygen atoms in total. The van der Waals surface area contributed by atoms with E-state index in [-0.39, 0.29) is 5.75 Å². The van der Waals surface area contributed by atoms with Crippen molar-refractivity contribution < 1.29 is 17.9 Å². The molecule has 1 rings (SSSR count). The molecule has 0 N–H and O–H groups in total. The third-order valence-electron chi connectivity index (χ3n) is 1.38. The van der Waals surface area contributed by atoms with E-state index in [1.54, 1.807) is 29.5 Å². The highest BCUT2D eigenvalue weighted by Gasteiger charge is 2.32. The van der Waals surface area contributed by atoms with Gasteiger partial charge in [0.1, 0.15) is 4.60 Å². The Hall–Kier alpha value is -0.0500. The van der Waals surface area contributed by atoms with Crippen LogP contribution >= 0.6 is 38.5 Å². The maximum atomic E-state index is 11.9. The number of rotatable bonds is 1. The predicted octanol–water partition coefficient (Wildman–Crippen LogP) is 3.66. The zero-order valence-electron chi connectivity index (χ0n) is 6.82. The summed E-state index contributed by atoms with van der Waals surface area (Å²) in [6.45, 7) is 1.65. The van der Waals surface area contributed by atoms with Gasteiger partial charge >= 0.3 is 6.36 Å². The van der Waals surface area contributed by atoms with Gasteiger partial charge in [0.25, 0.3) is 0 Å². The highest BCUT2D eigenvalue weighted by atomic mass is 127. The smallest absolute Gasteiger partial charge is 0.403 e. The molecule has 0 amide bonds. The minimum Gasteiger partial charge on any atom is -0.403 e. The third-order valence-corrected chi connectivity index (χ3v) is 3.52. The van der Waals surface area contributed by atoms with Crippen molar-refractivity contribution in [2.45, 2.75) is 13.3 Å². The lowest BCUT2D eigenvalue weighted by molar-refractivity contribution is -0.275. The summed E-state index contributed by atoms with van der Waals surface area (Å²) in [6, 6.07) is 0. The van der Waals surface area contributed by atoms with Crippen LogP contribution in [-0.2, 0) is 0 Å². The Labute approximate surface area is 100 Å². The quantitative estimate of drug-likeness (QED) is 0.547. The van der Waals surface area contributed by atoms with Crippen molar-refractivity contribution in [1.82, 2.24) is 4.98 Å². The Morgan fingerprint density at radius 2 is 2.07 bits per heavy atom. The molecule has 7 heteroatoms. The van der Waals surface area contributed by atoms with E-state index in [2.05, 4.69) is 25.7 Å². The minimum atomic E-state index is -4.68. The number of pyridine rings is 1. The molecule has 0 aromatic carbocycles. The van der Waals surface area contributed by atoms with Gasteiger partial charge in [-0.1, -0.05) is 0 Å². The highest BCUT2D eigenvalue weighted by molar-refractivity contribution is 14.1. The van der Waals surface area contributed by atoms with Crippen LogP contribution in [-0.4, -0.2) is 11.3 Å². The van der Waals surface area contributed by atoms with Crippen LogP contribution in [0.25, 0.3) is 0 Å². The largest absolute Gasteiger partial charge is 0.573 e. The molecule has 0 bridgehead atoms. The summed E-state index contributed by atoms with van der Waals surface area (Å²) in [7, 11) is 0. The summed E-state index contributed by atoms with van der Waals surface area (Å²) < 4.78 is 40.3. The number of halogens is 5. The van der Waals surface area contributed by atoms with E-state index >= 15 is 0 Å². The molecular formula is C7H4BrF3INO. The lowest BCUT2D eigenvalue weighted by Gasteiger charge is -2.11. The first-order valence-corrected chi connectivity index (χ1v) is 5.25. The third kappa shape index (κ3) is 2.97. The van der Waals surface area contributed by atoms with Crippen LogP contribution in [0.5, 0.6) is 5.75 Å². The molecule has 1 heterocycles. The van der Waals surface area contributed by atoms with Gasteiger partial charge in [-0.3, -0.25) is 0 Å². The van der Waals surface area contributed by atoms with Gasteiger partial charge in [0.15, 0.2) is 5.75 Å². The van der Waals surface area contributed by atoms with Gasteiger partial charge in [-0.25, -0.2) is 4.98 Å². The summed E-state index contributed by atoms with van der Waals surface area (Å²) >= 11 is 4.88. The molecule has 0 saturated heterocycles. The fourth-order valence-corrected chi connectivity index (χ4v) is 1.92. The maximum Gasteiger partial charge on any atom is 0.573 e. The van der Waals surface area contributed by atoms with E-state index in [9.17, 15) is 13.2 Å². The molecule has 0 fully saturated rings. The molecule has 1 aromatic rings. The van der Waals surface area contributed by atoms with Crippen LogP contribution < -0.4 is 4.74 Å². The van der Waals surface area contributed by atoms with Crippen molar-refractivity contribution >= 4 is 38.5 Å². The Kier molecular flexibility index (Phi) is 3.62. The summed E-state index contributed by atoms with van der Waals surface area (Å²) in [5, 5.41) is 0. The number of hydrogen-bond acceptors (Lipinski definition) is 2. The van der Waals surface area contributed by atoms with Crippen molar-refractivity contribution in [3.05, 3.63) is 19.9 Å². The van der Waals surface area contributed by atoms with Crippen LogP contribution in [0, 0.1) is 10.5 Å². The van der Waals surface area contributed by atoms with E-state index in [4.69, 9.17) is 0 Å². The molecule has 0 saturated carbocycles. The van der Waals surface area contributed by atoms with Crippen LogP contribution in [0.15, 0.2) is 10.8 Å². The van der Waals surface area contributed by atoms with Crippen LogP contribution in [0.1, 0.15) is 5.56 Å². The van der Waals surface area contributed by atoms with E-state index in [0.717, 1.165) is 6.20 Å². The highest BCUT2D eigenvalue weighted by Crippen LogP contribution is 2.31. The molecule has 0 aliphatic carbocycles. The van der Waals surface area contributed by atoms with E-state index in [0.29, 0.717) is 13.7 Å². The maximum absolute atomic E-state index is 11.9. The number of nitrogens with zero attached hydrogens (tertiary/aromatic N) is 1. The molecule has 14 heavy (non-hydrogen) atoms. The molecule has 78 valence electrons. The summed E-state index contributed by atoms with van der Waals surface area (Å²) in [6.07, 6.45) is -3.64. The molecule has 0 radical (unpaired) electrons. The minimum absolute atomic E-state index is 0.279. The Balaban J connectivity index is 3.06. The Morgan fingerprint density at radius 1 is 1.50 bits per heavy atom. The van der Waals surface area contributed by atoms with Gasteiger partial charge in [-0.05, 0) is 51.0 Å². The monoisotopic (exact) mass is 381 g/mol. The average molecular weight is 382 g/mol. The van der Waals surface area contributed by atoms with Crippen LogP contribution in [0.2, 0.25) is 0 Å². The number of hydrogen-bond donors (Lipinski definition) is 0. The van der Waals surface area contributed by atoms with E-state index in [1.165, 1.54) is 0 Å². The van der Waals surface area contributed by atoms with Gasteiger partial charge in [0.05, 0.1) is 9.77 Å². The zero-order chi connectivity index (χ0) is 10.9. The van der Waals surface area contributed by atoms with Gasteiger partial charge < -0.3 is 4.74 Å². The van der Waals surface area contributed by atoms with Crippen molar-refractivity contribution in [2.75, 3.05) is 0 Å². The molecule has 0 unspecified atom stereocenters. The Morgan fingerprint density at radius 3 is 2.57 bits per heavy atom. The lowest BCUT2D eigenvalue weighted by atomic mass is 10.3. The molecular weight excluding hydrogens is 378 g/mol. The molecule has 0 aliphatic heterocycles. The van der Waals surface area contributed by atoms with Crippen molar-refractivity contribution in [3.8, 4) is 5.75 Å². The number of alkyl halides is 3. The van der Waals surface area contributed by atoms with Gasteiger partial charge in [-0.15, -0.1) is 13.2 Å². The first-order chi connectivity index (χ1) is 6.31.